The lowest BCUT2D eigenvalue weighted by molar-refractivity contribution is -0.143. The van der Waals surface area contributed by atoms with Gasteiger partial charge in [-0.25, -0.2) is 0 Å². The van der Waals surface area contributed by atoms with Crippen molar-refractivity contribution in [3.05, 3.63) is 71.8 Å². The van der Waals surface area contributed by atoms with Crippen LogP contribution in [0.15, 0.2) is 60.7 Å². The molecule has 0 N–H and O–H groups in total. The molecule has 2 nitrogen and oxygen atoms in total. The summed E-state index contributed by atoms with van der Waals surface area (Å²) in [6.07, 6.45) is 1.27. The normalized spacial score (nSPS) is 11.8. The molecule has 104 valence electrons. The zero-order valence-electron chi connectivity index (χ0n) is 11.8. The van der Waals surface area contributed by atoms with Crippen molar-refractivity contribution in [3.63, 3.8) is 0 Å². The minimum absolute atomic E-state index is 0.128. The number of carbonyl (C=O) groups is 1. The van der Waals surface area contributed by atoms with Crippen LogP contribution in [0.25, 0.3) is 0 Å². The minimum atomic E-state index is -0.128. The van der Waals surface area contributed by atoms with E-state index in [1.807, 2.05) is 43.3 Å². The van der Waals surface area contributed by atoms with E-state index < -0.39 is 0 Å². The Morgan fingerprint density at radius 1 is 1.00 bits per heavy atom. The Labute approximate surface area is 120 Å². The number of hydrogen-bond acceptors (Lipinski definition) is 2. The van der Waals surface area contributed by atoms with E-state index in [1.54, 1.807) is 0 Å². The molecular formula is C18H20O2. The maximum Gasteiger partial charge on any atom is 0.306 e. The van der Waals surface area contributed by atoms with Crippen molar-refractivity contribution in [1.29, 1.82) is 0 Å². The monoisotopic (exact) mass is 268 g/mol. The number of esters is 1. The van der Waals surface area contributed by atoms with Crippen LogP contribution in [0.2, 0.25) is 0 Å². The Balaban J connectivity index is 2.14. The fraction of sp³-hybridized carbons (Fsp3) is 0.278. The molecule has 2 aromatic carbocycles. The van der Waals surface area contributed by atoms with Gasteiger partial charge in [-0.15, -0.1) is 0 Å². The summed E-state index contributed by atoms with van der Waals surface area (Å²) in [6.45, 7) is 2.28. The molecule has 0 aromatic heterocycles. The Bertz CT molecular complexity index is 520. The first-order valence-corrected chi connectivity index (χ1v) is 7.04. The number of benzene rings is 2. The van der Waals surface area contributed by atoms with Crippen LogP contribution in [-0.2, 0) is 16.0 Å². The molecule has 20 heavy (non-hydrogen) atoms. The maximum atomic E-state index is 11.8. The molecule has 0 bridgehead atoms. The van der Waals surface area contributed by atoms with Crippen LogP contribution in [0.4, 0.5) is 0 Å². The summed E-state index contributed by atoms with van der Waals surface area (Å²) in [4.78, 5) is 11.8. The highest BCUT2D eigenvalue weighted by Gasteiger charge is 2.17. The van der Waals surface area contributed by atoms with Crippen molar-refractivity contribution in [3.8, 4) is 0 Å². The van der Waals surface area contributed by atoms with Gasteiger partial charge in [-0.3, -0.25) is 4.79 Å². The van der Waals surface area contributed by atoms with Crippen LogP contribution < -0.4 is 0 Å². The summed E-state index contributed by atoms with van der Waals surface area (Å²) in [5, 5.41) is 0. The third-order valence-electron chi connectivity index (χ3n) is 3.31. The molecule has 0 saturated heterocycles. The highest BCUT2D eigenvalue weighted by atomic mass is 16.5. The van der Waals surface area contributed by atoms with Crippen LogP contribution in [0.3, 0.4) is 0 Å². The van der Waals surface area contributed by atoms with Gasteiger partial charge >= 0.3 is 5.97 Å². The number of carbonyl (C=O) groups excluding carboxylic acids is 1. The van der Waals surface area contributed by atoms with Crippen LogP contribution in [0.5, 0.6) is 0 Å². The lowest BCUT2D eigenvalue weighted by atomic mass is 9.89. The summed E-state index contributed by atoms with van der Waals surface area (Å²) in [5.74, 6) is 0.0370. The van der Waals surface area contributed by atoms with E-state index in [1.165, 1.54) is 11.1 Å². The first-order valence-electron chi connectivity index (χ1n) is 7.04. The van der Waals surface area contributed by atoms with Gasteiger partial charge in [0.05, 0.1) is 13.0 Å². The van der Waals surface area contributed by atoms with Crippen LogP contribution >= 0.6 is 0 Å². The predicted molar refractivity (Wildman–Crippen MR) is 80.6 cm³/mol. The fourth-order valence-corrected chi connectivity index (χ4v) is 2.35. The van der Waals surface area contributed by atoms with Crippen molar-refractivity contribution in [1.82, 2.24) is 0 Å². The molecule has 2 heteroatoms. The van der Waals surface area contributed by atoms with Crippen molar-refractivity contribution >= 4 is 5.97 Å². The second kappa shape index (κ2) is 7.49. The van der Waals surface area contributed by atoms with Gasteiger partial charge in [0.15, 0.2) is 0 Å². The molecule has 2 rings (SSSR count). The van der Waals surface area contributed by atoms with Crippen LogP contribution in [-0.4, -0.2) is 12.6 Å². The zero-order chi connectivity index (χ0) is 14.2. The number of ether oxygens (including phenoxy) is 1. The molecule has 0 aliphatic rings. The Morgan fingerprint density at radius 3 is 2.20 bits per heavy atom. The van der Waals surface area contributed by atoms with Gasteiger partial charge < -0.3 is 4.74 Å². The van der Waals surface area contributed by atoms with E-state index >= 15 is 0 Å². The van der Waals surface area contributed by atoms with E-state index in [0.29, 0.717) is 13.0 Å². The molecule has 0 radical (unpaired) electrons. The lowest BCUT2D eigenvalue weighted by Gasteiger charge is -2.16. The molecule has 2 aromatic rings. The number of rotatable bonds is 6. The average Bonchev–Trinajstić information content (AvgIpc) is 2.49. The summed E-state index contributed by atoms with van der Waals surface area (Å²) in [5.41, 5.74) is 2.43. The zero-order valence-corrected chi connectivity index (χ0v) is 11.8. The summed E-state index contributed by atoms with van der Waals surface area (Å²) < 4.78 is 5.09. The fourth-order valence-electron chi connectivity index (χ4n) is 2.35. The molecular weight excluding hydrogens is 248 g/mol. The highest BCUT2D eigenvalue weighted by Crippen LogP contribution is 2.24. The van der Waals surface area contributed by atoms with Gasteiger partial charge in [0.1, 0.15) is 0 Å². The van der Waals surface area contributed by atoms with Gasteiger partial charge in [-0.2, -0.15) is 0 Å². The maximum absolute atomic E-state index is 11.8. The van der Waals surface area contributed by atoms with Gasteiger partial charge in [-0.05, 0) is 30.4 Å². The lowest BCUT2D eigenvalue weighted by Crippen LogP contribution is -2.12. The third-order valence-corrected chi connectivity index (χ3v) is 3.31. The Kier molecular flexibility index (Phi) is 5.36. The molecule has 0 fully saturated rings. The molecule has 0 amide bonds. The third kappa shape index (κ3) is 4.23. The second-order valence-electron chi connectivity index (χ2n) is 4.81. The first-order chi connectivity index (χ1) is 9.79. The largest absolute Gasteiger partial charge is 0.466 e. The van der Waals surface area contributed by atoms with Gasteiger partial charge in [0.2, 0.25) is 0 Å². The van der Waals surface area contributed by atoms with Gasteiger partial charge in [0, 0.05) is 0 Å². The van der Waals surface area contributed by atoms with E-state index in [0.717, 1.165) is 6.42 Å². The van der Waals surface area contributed by atoms with Gasteiger partial charge in [-0.1, -0.05) is 60.7 Å². The number of hydrogen-bond donors (Lipinski definition) is 0. The summed E-state index contributed by atoms with van der Waals surface area (Å²) in [7, 11) is 0. The topological polar surface area (TPSA) is 26.3 Å². The molecule has 1 atom stereocenters. The molecule has 0 aliphatic carbocycles. The van der Waals surface area contributed by atoms with Crippen molar-refractivity contribution in [2.24, 2.45) is 0 Å². The molecule has 0 spiro atoms. The average molecular weight is 268 g/mol. The Morgan fingerprint density at radius 2 is 1.60 bits per heavy atom. The van der Waals surface area contributed by atoms with Crippen molar-refractivity contribution in [2.75, 3.05) is 6.61 Å². The first kappa shape index (κ1) is 14.3. The van der Waals surface area contributed by atoms with E-state index in [2.05, 4.69) is 24.3 Å². The van der Waals surface area contributed by atoms with E-state index in [4.69, 9.17) is 4.74 Å². The smallest absolute Gasteiger partial charge is 0.306 e. The Hall–Kier alpha value is -2.09. The van der Waals surface area contributed by atoms with Crippen molar-refractivity contribution in [2.45, 2.75) is 25.7 Å². The minimum Gasteiger partial charge on any atom is -0.466 e. The molecule has 0 heterocycles. The quantitative estimate of drug-likeness (QED) is 0.741. The molecule has 0 saturated carbocycles. The summed E-state index contributed by atoms with van der Waals surface area (Å²) in [6, 6.07) is 20.4. The summed E-state index contributed by atoms with van der Waals surface area (Å²) >= 11 is 0. The van der Waals surface area contributed by atoms with Crippen LogP contribution in [0, 0.1) is 0 Å². The SMILES string of the molecule is CCOC(=O)C[C@H](Cc1ccccc1)c1ccccc1. The van der Waals surface area contributed by atoms with Crippen molar-refractivity contribution < 1.29 is 9.53 Å². The van der Waals surface area contributed by atoms with Gasteiger partial charge in [0.25, 0.3) is 0 Å². The second-order valence-corrected chi connectivity index (χ2v) is 4.81. The highest BCUT2D eigenvalue weighted by molar-refractivity contribution is 5.70. The van der Waals surface area contributed by atoms with Crippen LogP contribution in [0.1, 0.15) is 30.4 Å². The van der Waals surface area contributed by atoms with E-state index in [-0.39, 0.29) is 11.9 Å². The van der Waals surface area contributed by atoms with E-state index in [9.17, 15) is 4.79 Å². The molecule has 0 aliphatic heterocycles. The predicted octanol–water partition coefficient (Wildman–Crippen LogP) is 3.97. The standard InChI is InChI=1S/C18H20O2/c1-2-20-18(19)14-17(16-11-7-4-8-12-16)13-15-9-5-3-6-10-15/h3-12,17H,2,13-14H2,1H3/t17-/m0/s1. The molecule has 0 unspecified atom stereocenters.